The summed E-state index contributed by atoms with van der Waals surface area (Å²) in [6, 6.07) is 4.00. The second-order valence-electron chi connectivity index (χ2n) is 4.72. The van der Waals surface area contributed by atoms with Gasteiger partial charge < -0.3 is 19.7 Å². The molecular weight excluding hydrogens is 240 g/mol. The van der Waals surface area contributed by atoms with Crippen molar-refractivity contribution in [2.24, 2.45) is 0 Å². The summed E-state index contributed by atoms with van der Waals surface area (Å²) in [4.78, 5) is 2.29. The van der Waals surface area contributed by atoms with Crippen LogP contribution < -0.4 is 14.8 Å². The van der Waals surface area contributed by atoms with Crippen LogP contribution in [0.15, 0.2) is 12.1 Å². The third-order valence-corrected chi connectivity index (χ3v) is 3.21. The highest BCUT2D eigenvalue weighted by Crippen LogP contribution is 2.29. The summed E-state index contributed by atoms with van der Waals surface area (Å²) < 4.78 is 10.7. The SMILES string of the molecule is CCNCCN(C)Cc1c(C)cc(OC)cc1OC. The molecule has 0 unspecified atom stereocenters. The van der Waals surface area contributed by atoms with Crippen LogP contribution in [0.3, 0.4) is 0 Å². The number of hydrogen-bond donors (Lipinski definition) is 1. The molecule has 0 atom stereocenters. The molecule has 1 rings (SSSR count). The van der Waals surface area contributed by atoms with E-state index in [-0.39, 0.29) is 0 Å². The molecule has 4 heteroatoms. The Morgan fingerprint density at radius 3 is 2.53 bits per heavy atom. The Balaban J connectivity index is 2.76. The Morgan fingerprint density at radius 2 is 1.95 bits per heavy atom. The predicted octanol–water partition coefficient (Wildman–Crippen LogP) is 2.05. The lowest BCUT2D eigenvalue weighted by Crippen LogP contribution is -2.29. The van der Waals surface area contributed by atoms with Gasteiger partial charge in [0.15, 0.2) is 0 Å². The fraction of sp³-hybridized carbons (Fsp3) is 0.600. The Hall–Kier alpha value is -1.26. The van der Waals surface area contributed by atoms with E-state index in [1.165, 1.54) is 11.1 Å². The monoisotopic (exact) mass is 266 g/mol. The minimum Gasteiger partial charge on any atom is -0.497 e. The number of nitrogens with one attached hydrogen (secondary N) is 1. The molecule has 0 amide bonds. The van der Waals surface area contributed by atoms with Crippen LogP contribution in [0.4, 0.5) is 0 Å². The molecule has 108 valence electrons. The van der Waals surface area contributed by atoms with Gasteiger partial charge in [-0.3, -0.25) is 0 Å². The van der Waals surface area contributed by atoms with Crippen molar-refractivity contribution in [1.82, 2.24) is 10.2 Å². The molecule has 1 aromatic rings. The number of benzene rings is 1. The summed E-state index contributed by atoms with van der Waals surface area (Å²) in [7, 11) is 5.51. The molecule has 0 fully saturated rings. The number of hydrogen-bond acceptors (Lipinski definition) is 4. The number of rotatable bonds is 8. The molecule has 0 spiro atoms. The quantitative estimate of drug-likeness (QED) is 0.730. The van der Waals surface area contributed by atoms with Gasteiger partial charge in [-0.05, 0) is 32.1 Å². The third-order valence-electron chi connectivity index (χ3n) is 3.21. The fourth-order valence-electron chi connectivity index (χ4n) is 2.05. The Kier molecular flexibility index (Phi) is 6.67. The van der Waals surface area contributed by atoms with E-state index in [1.807, 2.05) is 6.07 Å². The average molecular weight is 266 g/mol. The second-order valence-corrected chi connectivity index (χ2v) is 4.72. The maximum absolute atomic E-state index is 5.47. The van der Waals surface area contributed by atoms with E-state index in [0.717, 1.165) is 37.7 Å². The minimum atomic E-state index is 0.841. The Bertz CT molecular complexity index is 394. The van der Waals surface area contributed by atoms with Crippen molar-refractivity contribution < 1.29 is 9.47 Å². The first-order chi connectivity index (χ1) is 9.12. The number of aryl methyl sites for hydroxylation is 1. The first kappa shape index (κ1) is 15.8. The molecular formula is C15H26N2O2. The van der Waals surface area contributed by atoms with Crippen LogP contribution in [0.2, 0.25) is 0 Å². The molecule has 4 nitrogen and oxygen atoms in total. The van der Waals surface area contributed by atoms with Crippen LogP contribution in [0, 0.1) is 6.92 Å². The van der Waals surface area contributed by atoms with Crippen LogP contribution in [-0.2, 0) is 6.54 Å². The van der Waals surface area contributed by atoms with Crippen LogP contribution in [0.5, 0.6) is 11.5 Å². The zero-order valence-corrected chi connectivity index (χ0v) is 12.7. The Labute approximate surface area is 116 Å². The molecule has 0 saturated carbocycles. The topological polar surface area (TPSA) is 33.7 Å². The molecule has 0 aromatic heterocycles. The van der Waals surface area contributed by atoms with E-state index in [0.29, 0.717) is 0 Å². The average Bonchev–Trinajstić information content (AvgIpc) is 2.41. The fourth-order valence-corrected chi connectivity index (χ4v) is 2.05. The van der Waals surface area contributed by atoms with Crippen molar-refractivity contribution >= 4 is 0 Å². The molecule has 0 saturated heterocycles. The normalized spacial score (nSPS) is 10.8. The molecule has 0 radical (unpaired) electrons. The van der Waals surface area contributed by atoms with E-state index in [2.05, 4.69) is 37.2 Å². The van der Waals surface area contributed by atoms with Crippen molar-refractivity contribution in [2.75, 3.05) is 40.9 Å². The highest BCUT2D eigenvalue weighted by molar-refractivity contribution is 5.46. The van der Waals surface area contributed by atoms with E-state index in [9.17, 15) is 0 Å². The van der Waals surface area contributed by atoms with Gasteiger partial charge in [-0.1, -0.05) is 6.92 Å². The van der Waals surface area contributed by atoms with E-state index in [1.54, 1.807) is 14.2 Å². The zero-order valence-electron chi connectivity index (χ0n) is 12.7. The van der Waals surface area contributed by atoms with Gasteiger partial charge in [0.2, 0.25) is 0 Å². The van der Waals surface area contributed by atoms with Crippen LogP contribution in [0.1, 0.15) is 18.1 Å². The third kappa shape index (κ3) is 4.73. The maximum atomic E-state index is 5.47. The maximum Gasteiger partial charge on any atom is 0.127 e. The van der Waals surface area contributed by atoms with Gasteiger partial charge in [-0.2, -0.15) is 0 Å². The van der Waals surface area contributed by atoms with Gasteiger partial charge in [0.25, 0.3) is 0 Å². The van der Waals surface area contributed by atoms with Gasteiger partial charge >= 0.3 is 0 Å². The number of methoxy groups -OCH3 is 2. The summed E-state index contributed by atoms with van der Waals surface area (Å²) in [5.41, 5.74) is 2.42. The van der Waals surface area contributed by atoms with Gasteiger partial charge in [0, 0.05) is 31.3 Å². The van der Waals surface area contributed by atoms with Crippen LogP contribution >= 0.6 is 0 Å². The van der Waals surface area contributed by atoms with Gasteiger partial charge in [-0.25, -0.2) is 0 Å². The van der Waals surface area contributed by atoms with E-state index < -0.39 is 0 Å². The minimum absolute atomic E-state index is 0.841. The van der Waals surface area contributed by atoms with Crippen molar-refractivity contribution in [3.63, 3.8) is 0 Å². The van der Waals surface area contributed by atoms with E-state index >= 15 is 0 Å². The van der Waals surface area contributed by atoms with Crippen molar-refractivity contribution in [3.8, 4) is 11.5 Å². The number of ether oxygens (including phenoxy) is 2. The first-order valence-electron chi connectivity index (χ1n) is 6.73. The molecule has 0 aliphatic carbocycles. The van der Waals surface area contributed by atoms with Crippen LogP contribution in [0.25, 0.3) is 0 Å². The standard InChI is InChI=1S/C15H26N2O2/c1-6-16-7-8-17(3)11-14-12(2)9-13(18-4)10-15(14)19-5/h9-10,16H,6-8,11H2,1-5H3. The number of likely N-dealkylation sites (N-methyl/N-ethyl adjacent to an activating group) is 2. The predicted molar refractivity (Wildman–Crippen MR) is 79.2 cm³/mol. The second kappa shape index (κ2) is 8.02. The lowest BCUT2D eigenvalue weighted by Gasteiger charge is -2.20. The first-order valence-corrected chi connectivity index (χ1v) is 6.73. The van der Waals surface area contributed by atoms with Crippen molar-refractivity contribution in [3.05, 3.63) is 23.3 Å². The smallest absolute Gasteiger partial charge is 0.127 e. The van der Waals surface area contributed by atoms with Gasteiger partial charge in [0.05, 0.1) is 14.2 Å². The lowest BCUT2D eigenvalue weighted by atomic mass is 10.1. The van der Waals surface area contributed by atoms with Crippen LogP contribution in [-0.4, -0.2) is 45.8 Å². The molecule has 19 heavy (non-hydrogen) atoms. The molecule has 1 N–H and O–H groups in total. The molecule has 0 aliphatic heterocycles. The summed E-state index contributed by atoms with van der Waals surface area (Å²) >= 11 is 0. The zero-order chi connectivity index (χ0) is 14.3. The Morgan fingerprint density at radius 1 is 1.21 bits per heavy atom. The van der Waals surface area contributed by atoms with Gasteiger partial charge in [0.1, 0.15) is 11.5 Å². The summed E-state index contributed by atoms with van der Waals surface area (Å²) in [6.45, 7) is 8.13. The summed E-state index contributed by atoms with van der Waals surface area (Å²) in [5, 5.41) is 3.33. The molecule has 0 aliphatic rings. The summed E-state index contributed by atoms with van der Waals surface area (Å²) in [5.74, 6) is 1.74. The largest absolute Gasteiger partial charge is 0.497 e. The molecule has 0 bridgehead atoms. The van der Waals surface area contributed by atoms with E-state index in [4.69, 9.17) is 9.47 Å². The number of nitrogens with zero attached hydrogens (tertiary/aromatic N) is 1. The van der Waals surface area contributed by atoms with Crippen molar-refractivity contribution in [2.45, 2.75) is 20.4 Å². The van der Waals surface area contributed by atoms with Gasteiger partial charge in [-0.15, -0.1) is 0 Å². The lowest BCUT2D eigenvalue weighted by molar-refractivity contribution is 0.314. The molecule has 0 heterocycles. The van der Waals surface area contributed by atoms with Crippen molar-refractivity contribution in [1.29, 1.82) is 0 Å². The molecule has 1 aromatic carbocycles. The highest BCUT2D eigenvalue weighted by atomic mass is 16.5. The summed E-state index contributed by atoms with van der Waals surface area (Å²) in [6.07, 6.45) is 0. The highest BCUT2D eigenvalue weighted by Gasteiger charge is 2.11.